The van der Waals surface area contributed by atoms with Gasteiger partial charge in [0.1, 0.15) is 28.2 Å². The van der Waals surface area contributed by atoms with E-state index in [0.29, 0.717) is 11.3 Å². The summed E-state index contributed by atoms with van der Waals surface area (Å²) in [4.78, 5) is 36.0. The van der Waals surface area contributed by atoms with Gasteiger partial charge in [-0.05, 0) is 24.3 Å². The van der Waals surface area contributed by atoms with Gasteiger partial charge in [-0.15, -0.1) is 0 Å². The molecule has 0 saturated carbocycles. The molecule has 1 aromatic heterocycles. The standard InChI is InChI=1S/C20H16O8/c1-10(21)26-15-8-13(23)9-16-17(15)18(24)20(27-11(2)22)19(28-16)12-4-6-14(25-3)7-5-12/h4-9,23H,1-3H3. The number of esters is 2. The van der Waals surface area contributed by atoms with Gasteiger partial charge in [0.15, 0.2) is 5.76 Å². The molecule has 0 fully saturated rings. The molecule has 0 radical (unpaired) electrons. The molecule has 8 heteroatoms. The Morgan fingerprint density at radius 3 is 2.21 bits per heavy atom. The number of carbonyl (C=O) groups is 2. The quantitative estimate of drug-likeness (QED) is 0.540. The minimum absolute atomic E-state index is 0.0188. The highest BCUT2D eigenvalue weighted by molar-refractivity contribution is 5.91. The number of hydrogen-bond acceptors (Lipinski definition) is 8. The fourth-order valence-corrected chi connectivity index (χ4v) is 2.66. The first-order valence-electron chi connectivity index (χ1n) is 8.15. The lowest BCUT2D eigenvalue weighted by Crippen LogP contribution is -2.15. The van der Waals surface area contributed by atoms with E-state index in [2.05, 4.69) is 0 Å². The van der Waals surface area contributed by atoms with Crippen LogP contribution in [0.2, 0.25) is 0 Å². The summed E-state index contributed by atoms with van der Waals surface area (Å²) in [5.41, 5.74) is -0.324. The Kier molecular flexibility index (Phi) is 5.04. The molecule has 28 heavy (non-hydrogen) atoms. The van der Waals surface area contributed by atoms with Crippen LogP contribution in [0.1, 0.15) is 13.8 Å². The molecule has 0 unspecified atom stereocenters. The maximum absolute atomic E-state index is 13.1. The maximum atomic E-state index is 13.1. The smallest absolute Gasteiger partial charge is 0.308 e. The molecule has 0 amide bonds. The summed E-state index contributed by atoms with van der Waals surface area (Å²) in [7, 11) is 1.51. The molecule has 0 aliphatic rings. The van der Waals surface area contributed by atoms with Crippen molar-refractivity contribution in [3.63, 3.8) is 0 Å². The van der Waals surface area contributed by atoms with Crippen molar-refractivity contribution in [3.05, 3.63) is 46.6 Å². The van der Waals surface area contributed by atoms with Crippen molar-refractivity contribution in [2.75, 3.05) is 7.11 Å². The van der Waals surface area contributed by atoms with Crippen LogP contribution in [0.15, 0.2) is 45.6 Å². The topological polar surface area (TPSA) is 112 Å². The number of phenolic OH excluding ortho intramolecular Hbond substituents is 1. The Labute approximate surface area is 158 Å². The van der Waals surface area contributed by atoms with Gasteiger partial charge < -0.3 is 23.7 Å². The van der Waals surface area contributed by atoms with Crippen LogP contribution < -0.4 is 19.6 Å². The highest BCUT2D eigenvalue weighted by Crippen LogP contribution is 2.36. The SMILES string of the molecule is COc1ccc(-c2oc3cc(O)cc(OC(C)=O)c3c(=O)c2OC(C)=O)cc1. The number of benzene rings is 2. The van der Waals surface area contributed by atoms with E-state index in [4.69, 9.17) is 18.6 Å². The van der Waals surface area contributed by atoms with E-state index in [1.165, 1.54) is 13.2 Å². The van der Waals surface area contributed by atoms with Crippen molar-refractivity contribution in [2.45, 2.75) is 13.8 Å². The number of carbonyl (C=O) groups excluding carboxylic acids is 2. The summed E-state index contributed by atoms with van der Waals surface area (Å²) in [5, 5.41) is 9.77. The number of ether oxygens (including phenoxy) is 3. The van der Waals surface area contributed by atoms with Crippen LogP contribution in [-0.4, -0.2) is 24.2 Å². The van der Waals surface area contributed by atoms with Gasteiger partial charge in [0, 0.05) is 31.5 Å². The summed E-state index contributed by atoms with van der Waals surface area (Å²) in [5.74, 6) is -1.69. The molecule has 0 atom stereocenters. The van der Waals surface area contributed by atoms with E-state index in [0.717, 1.165) is 19.9 Å². The van der Waals surface area contributed by atoms with E-state index in [-0.39, 0.29) is 34.0 Å². The largest absolute Gasteiger partial charge is 0.508 e. The average molecular weight is 384 g/mol. The van der Waals surface area contributed by atoms with Crippen LogP contribution >= 0.6 is 0 Å². The fraction of sp³-hybridized carbons (Fsp3) is 0.150. The van der Waals surface area contributed by atoms with Gasteiger partial charge in [-0.2, -0.15) is 0 Å². The highest BCUT2D eigenvalue weighted by atomic mass is 16.5. The maximum Gasteiger partial charge on any atom is 0.308 e. The number of aromatic hydroxyl groups is 1. The van der Waals surface area contributed by atoms with E-state index in [1.54, 1.807) is 24.3 Å². The van der Waals surface area contributed by atoms with E-state index >= 15 is 0 Å². The number of methoxy groups -OCH3 is 1. The first-order valence-corrected chi connectivity index (χ1v) is 8.15. The van der Waals surface area contributed by atoms with Gasteiger partial charge in [0.2, 0.25) is 11.2 Å². The normalized spacial score (nSPS) is 10.5. The Bertz CT molecular complexity index is 1130. The Balaban J connectivity index is 2.35. The molecule has 0 aliphatic carbocycles. The number of hydrogen-bond donors (Lipinski definition) is 1. The van der Waals surface area contributed by atoms with Gasteiger partial charge in [0.05, 0.1) is 7.11 Å². The molecule has 1 N–H and O–H groups in total. The predicted octanol–water partition coefficient (Wildman–Crippen LogP) is 3.02. The minimum Gasteiger partial charge on any atom is -0.508 e. The molecular formula is C20H16O8. The van der Waals surface area contributed by atoms with Crippen molar-refractivity contribution in [2.24, 2.45) is 0 Å². The Hall–Kier alpha value is -3.81. The van der Waals surface area contributed by atoms with Gasteiger partial charge in [0.25, 0.3) is 0 Å². The van der Waals surface area contributed by atoms with Crippen molar-refractivity contribution in [1.29, 1.82) is 0 Å². The van der Waals surface area contributed by atoms with Gasteiger partial charge in [-0.25, -0.2) is 0 Å². The van der Waals surface area contributed by atoms with E-state index < -0.39 is 17.4 Å². The minimum atomic E-state index is -0.728. The molecule has 0 spiro atoms. The van der Waals surface area contributed by atoms with Gasteiger partial charge >= 0.3 is 11.9 Å². The summed E-state index contributed by atoms with van der Waals surface area (Å²) in [6.45, 7) is 2.29. The first-order chi connectivity index (χ1) is 13.3. The summed E-state index contributed by atoms with van der Waals surface area (Å²) in [6, 6.07) is 8.82. The second-order valence-electron chi connectivity index (χ2n) is 5.82. The number of phenols is 1. The molecule has 8 nitrogen and oxygen atoms in total. The summed E-state index contributed by atoms with van der Waals surface area (Å²) >= 11 is 0. The number of fused-ring (bicyclic) bond motifs is 1. The van der Waals surface area contributed by atoms with Crippen LogP contribution in [-0.2, 0) is 9.59 Å². The number of rotatable bonds is 4. The Morgan fingerprint density at radius 1 is 1.00 bits per heavy atom. The van der Waals surface area contributed by atoms with E-state index in [1.807, 2.05) is 0 Å². The predicted molar refractivity (Wildman–Crippen MR) is 98.8 cm³/mol. The van der Waals surface area contributed by atoms with Crippen LogP contribution in [0.25, 0.3) is 22.3 Å². The van der Waals surface area contributed by atoms with Crippen LogP contribution in [0.5, 0.6) is 23.0 Å². The average Bonchev–Trinajstić information content (AvgIpc) is 2.62. The molecule has 1 heterocycles. The third-order valence-corrected chi connectivity index (χ3v) is 3.75. The van der Waals surface area contributed by atoms with Gasteiger partial charge in [-0.3, -0.25) is 14.4 Å². The molecule has 0 aliphatic heterocycles. The molecule has 3 rings (SSSR count). The van der Waals surface area contributed by atoms with Crippen molar-refractivity contribution in [1.82, 2.24) is 0 Å². The molecule has 0 bridgehead atoms. The third kappa shape index (κ3) is 3.66. The summed E-state index contributed by atoms with van der Waals surface area (Å²) in [6.07, 6.45) is 0. The monoisotopic (exact) mass is 384 g/mol. The molecule has 144 valence electrons. The third-order valence-electron chi connectivity index (χ3n) is 3.75. The lowest BCUT2D eigenvalue weighted by molar-refractivity contribution is -0.133. The molecule has 3 aromatic rings. The van der Waals surface area contributed by atoms with Crippen molar-refractivity contribution >= 4 is 22.9 Å². The zero-order chi connectivity index (χ0) is 20.4. The zero-order valence-corrected chi connectivity index (χ0v) is 15.3. The second-order valence-corrected chi connectivity index (χ2v) is 5.82. The lowest BCUT2D eigenvalue weighted by Gasteiger charge is -2.12. The fourth-order valence-electron chi connectivity index (χ4n) is 2.66. The van der Waals surface area contributed by atoms with Crippen LogP contribution in [0.4, 0.5) is 0 Å². The summed E-state index contributed by atoms with van der Waals surface area (Å²) < 4.78 is 21.0. The van der Waals surface area contributed by atoms with Crippen LogP contribution in [0, 0.1) is 0 Å². The van der Waals surface area contributed by atoms with Crippen molar-refractivity contribution < 1.29 is 33.3 Å². The Morgan fingerprint density at radius 2 is 1.64 bits per heavy atom. The second kappa shape index (κ2) is 7.43. The van der Waals surface area contributed by atoms with Gasteiger partial charge in [-0.1, -0.05) is 0 Å². The van der Waals surface area contributed by atoms with E-state index in [9.17, 15) is 19.5 Å². The van der Waals surface area contributed by atoms with Crippen molar-refractivity contribution in [3.8, 4) is 34.3 Å². The molecular weight excluding hydrogens is 368 g/mol. The lowest BCUT2D eigenvalue weighted by atomic mass is 10.1. The molecule has 2 aromatic carbocycles. The van der Waals surface area contributed by atoms with Crippen LogP contribution in [0.3, 0.4) is 0 Å². The first kappa shape index (κ1) is 19.0. The zero-order valence-electron chi connectivity index (χ0n) is 15.3. The highest BCUT2D eigenvalue weighted by Gasteiger charge is 2.23. The molecule has 0 saturated heterocycles.